The molecule has 0 aromatic heterocycles. The Labute approximate surface area is 46.6 Å². The summed E-state index contributed by atoms with van der Waals surface area (Å²) >= 11 is 0. The summed E-state index contributed by atoms with van der Waals surface area (Å²) in [5.41, 5.74) is 0. The number of carboxylic acids is 1. The third-order valence-electron chi connectivity index (χ3n) is 0.597. The summed E-state index contributed by atoms with van der Waals surface area (Å²) in [6.07, 6.45) is 0.487. The van der Waals surface area contributed by atoms with E-state index in [9.17, 15) is 9.18 Å². The minimum atomic E-state index is -1.85. The van der Waals surface area contributed by atoms with Gasteiger partial charge >= 0.3 is 5.97 Å². The minimum absolute atomic E-state index is 0.975. The van der Waals surface area contributed by atoms with Gasteiger partial charge in [0.05, 0.1) is 0 Å². The lowest BCUT2D eigenvalue weighted by molar-refractivity contribution is -0.140. The van der Waals surface area contributed by atoms with Crippen molar-refractivity contribution in [3.8, 4) is 0 Å². The van der Waals surface area contributed by atoms with Crippen LogP contribution in [0.5, 0.6) is 0 Å². The quantitative estimate of drug-likeness (QED) is 0.549. The van der Waals surface area contributed by atoms with Gasteiger partial charge < -0.3 is 5.11 Å². The number of rotatable bonds is 2. The standard InChI is InChI=1S/C5H7FO2/c1-2-3-4(6)5(7)8/h2-4H,1H3,(H,7,8). The molecule has 2 nitrogen and oxygen atoms in total. The van der Waals surface area contributed by atoms with Crippen LogP contribution in [0.15, 0.2) is 12.2 Å². The van der Waals surface area contributed by atoms with Crippen LogP contribution in [0.3, 0.4) is 0 Å². The van der Waals surface area contributed by atoms with Crippen molar-refractivity contribution in [1.29, 1.82) is 0 Å². The lowest BCUT2D eigenvalue weighted by Gasteiger charge is -1.89. The van der Waals surface area contributed by atoms with Crippen LogP contribution in [0.1, 0.15) is 6.92 Å². The predicted molar refractivity (Wildman–Crippen MR) is 27.3 cm³/mol. The number of carbonyl (C=O) groups is 1. The second kappa shape index (κ2) is 3.18. The number of halogens is 1. The van der Waals surface area contributed by atoms with Crippen LogP contribution in [0.2, 0.25) is 0 Å². The highest BCUT2D eigenvalue weighted by atomic mass is 19.1. The molecule has 0 aromatic carbocycles. The summed E-state index contributed by atoms with van der Waals surface area (Å²) < 4.78 is 11.8. The van der Waals surface area contributed by atoms with Gasteiger partial charge in [-0.1, -0.05) is 6.08 Å². The van der Waals surface area contributed by atoms with Crippen molar-refractivity contribution in [2.24, 2.45) is 0 Å². The zero-order chi connectivity index (χ0) is 6.57. The van der Waals surface area contributed by atoms with Gasteiger partial charge in [-0.15, -0.1) is 0 Å². The Morgan fingerprint density at radius 1 is 1.88 bits per heavy atom. The molecule has 0 radical (unpaired) electrons. The molecule has 1 atom stereocenters. The molecule has 0 spiro atoms. The Kier molecular flexibility index (Phi) is 2.84. The summed E-state index contributed by atoms with van der Waals surface area (Å²) in [4.78, 5) is 9.66. The number of aliphatic carboxylic acids is 1. The van der Waals surface area contributed by atoms with Crippen molar-refractivity contribution >= 4 is 5.97 Å². The molecule has 0 heterocycles. The first-order chi connectivity index (χ1) is 3.68. The van der Waals surface area contributed by atoms with Crippen LogP contribution in [-0.4, -0.2) is 17.2 Å². The van der Waals surface area contributed by atoms with E-state index in [1.54, 1.807) is 6.92 Å². The molecule has 0 amide bonds. The highest BCUT2D eigenvalue weighted by Crippen LogP contribution is 1.91. The highest BCUT2D eigenvalue weighted by molar-refractivity contribution is 5.74. The Hall–Kier alpha value is -0.860. The average Bonchev–Trinajstić information content (AvgIpc) is 1.67. The number of hydrogen-bond acceptors (Lipinski definition) is 1. The molecule has 0 saturated carbocycles. The SMILES string of the molecule is CC=CC(F)C(=O)O. The average molecular weight is 118 g/mol. The predicted octanol–water partition coefficient (Wildman–Crippen LogP) is 0.985. The first kappa shape index (κ1) is 7.14. The van der Waals surface area contributed by atoms with E-state index in [-0.39, 0.29) is 0 Å². The smallest absolute Gasteiger partial charge is 0.342 e. The molecule has 1 N–H and O–H groups in total. The summed E-state index contributed by atoms with van der Waals surface area (Å²) in [5.74, 6) is -1.44. The molecule has 0 bridgehead atoms. The van der Waals surface area contributed by atoms with E-state index in [0.717, 1.165) is 6.08 Å². The van der Waals surface area contributed by atoms with Crippen LogP contribution >= 0.6 is 0 Å². The molecule has 0 aliphatic rings. The number of alkyl halides is 1. The Bertz CT molecular complexity index is 109. The topological polar surface area (TPSA) is 37.3 Å². The highest BCUT2D eigenvalue weighted by Gasteiger charge is 2.08. The third kappa shape index (κ3) is 2.34. The van der Waals surface area contributed by atoms with Gasteiger partial charge in [0, 0.05) is 0 Å². The fourth-order valence-corrected chi connectivity index (χ4v) is 0.251. The number of allylic oxidation sites excluding steroid dienone is 1. The fourth-order valence-electron chi connectivity index (χ4n) is 0.251. The molecular formula is C5H7FO2. The van der Waals surface area contributed by atoms with E-state index < -0.39 is 12.1 Å². The molecule has 3 heteroatoms. The second-order valence-corrected chi connectivity index (χ2v) is 1.27. The monoisotopic (exact) mass is 118 g/mol. The second-order valence-electron chi connectivity index (χ2n) is 1.27. The van der Waals surface area contributed by atoms with E-state index in [2.05, 4.69) is 0 Å². The number of carboxylic acid groups (broad SMARTS) is 1. The third-order valence-corrected chi connectivity index (χ3v) is 0.597. The molecule has 0 saturated heterocycles. The van der Waals surface area contributed by atoms with E-state index in [1.165, 1.54) is 6.08 Å². The molecule has 0 fully saturated rings. The minimum Gasteiger partial charge on any atom is -0.479 e. The van der Waals surface area contributed by atoms with Crippen molar-refractivity contribution in [2.45, 2.75) is 13.1 Å². The molecule has 0 rings (SSSR count). The van der Waals surface area contributed by atoms with Crippen molar-refractivity contribution < 1.29 is 14.3 Å². The van der Waals surface area contributed by atoms with Crippen molar-refractivity contribution in [2.75, 3.05) is 0 Å². The van der Waals surface area contributed by atoms with Gasteiger partial charge in [-0.3, -0.25) is 0 Å². The zero-order valence-corrected chi connectivity index (χ0v) is 4.47. The molecule has 0 aliphatic carbocycles. The van der Waals surface area contributed by atoms with Gasteiger partial charge in [-0.25, -0.2) is 9.18 Å². The normalized spacial score (nSPS) is 14.2. The molecule has 0 aromatic rings. The Morgan fingerprint density at radius 2 is 2.38 bits per heavy atom. The summed E-state index contributed by atoms with van der Waals surface area (Å²) in [6.45, 7) is 1.56. The van der Waals surface area contributed by atoms with Gasteiger partial charge in [0.1, 0.15) is 0 Å². The Morgan fingerprint density at radius 3 is 2.50 bits per heavy atom. The molecule has 8 heavy (non-hydrogen) atoms. The van der Waals surface area contributed by atoms with Gasteiger partial charge in [0.2, 0.25) is 6.17 Å². The molecular weight excluding hydrogens is 111 g/mol. The van der Waals surface area contributed by atoms with Crippen LogP contribution in [0.25, 0.3) is 0 Å². The van der Waals surface area contributed by atoms with Crippen LogP contribution < -0.4 is 0 Å². The van der Waals surface area contributed by atoms with Gasteiger partial charge in [0.15, 0.2) is 0 Å². The fraction of sp³-hybridized carbons (Fsp3) is 0.400. The van der Waals surface area contributed by atoms with E-state index in [0.29, 0.717) is 0 Å². The van der Waals surface area contributed by atoms with E-state index in [4.69, 9.17) is 5.11 Å². The summed E-state index contributed by atoms with van der Waals surface area (Å²) in [7, 11) is 0. The molecule has 46 valence electrons. The lowest BCUT2D eigenvalue weighted by atomic mass is 10.3. The zero-order valence-electron chi connectivity index (χ0n) is 4.47. The maximum absolute atomic E-state index is 11.8. The van der Waals surface area contributed by atoms with Crippen LogP contribution in [-0.2, 0) is 4.79 Å². The van der Waals surface area contributed by atoms with Crippen molar-refractivity contribution in [1.82, 2.24) is 0 Å². The van der Waals surface area contributed by atoms with Crippen LogP contribution in [0, 0.1) is 0 Å². The van der Waals surface area contributed by atoms with E-state index in [1.807, 2.05) is 0 Å². The number of hydrogen-bond donors (Lipinski definition) is 1. The maximum atomic E-state index is 11.8. The molecule has 0 aliphatic heterocycles. The lowest BCUT2D eigenvalue weighted by Crippen LogP contribution is -2.10. The largest absolute Gasteiger partial charge is 0.479 e. The summed E-state index contributed by atoms with van der Waals surface area (Å²) in [5, 5.41) is 7.89. The van der Waals surface area contributed by atoms with Gasteiger partial charge in [-0.05, 0) is 13.0 Å². The van der Waals surface area contributed by atoms with Gasteiger partial charge in [0.25, 0.3) is 0 Å². The van der Waals surface area contributed by atoms with Gasteiger partial charge in [-0.2, -0.15) is 0 Å². The van der Waals surface area contributed by atoms with E-state index >= 15 is 0 Å². The molecule has 1 unspecified atom stereocenters. The first-order valence-corrected chi connectivity index (χ1v) is 2.18. The maximum Gasteiger partial charge on any atom is 0.342 e. The van der Waals surface area contributed by atoms with Crippen molar-refractivity contribution in [3.63, 3.8) is 0 Å². The summed E-state index contributed by atoms with van der Waals surface area (Å²) in [6, 6.07) is 0. The van der Waals surface area contributed by atoms with Crippen LogP contribution in [0.4, 0.5) is 4.39 Å². The van der Waals surface area contributed by atoms with Crippen molar-refractivity contribution in [3.05, 3.63) is 12.2 Å². The first-order valence-electron chi connectivity index (χ1n) is 2.18. The Balaban J connectivity index is 3.64.